The Labute approximate surface area is 119 Å². The largest absolute Gasteiger partial charge is 0.326 e. The third kappa shape index (κ3) is 3.45. The van der Waals surface area contributed by atoms with E-state index in [-0.39, 0.29) is 5.91 Å². The number of benzene rings is 2. The van der Waals surface area contributed by atoms with Gasteiger partial charge < -0.3 is 11.1 Å². The molecule has 0 aliphatic carbocycles. The van der Waals surface area contributed by atoms with Crippen molar-refractivity contribution in [3.8, 4) is 0 Å². The molecule has 0 fully saturated rings. The van der Waals surface area contributed by atoms with E-state index in [0.717, 1.165) is 11.3 Å². The van der Waals surface area contributed by atoms with E-state index in [1.54, 1.807) is 0 Å². The number of nitrogens with two attached hydrogens (primary N) is 1. The normalized spacial score (nSPS) is 10.6. The van der Waals surface area contributed by atoms with Crippen LogP contribution in [-0.2, 0) is 6.54 Å². The Morgan fingerprint density at radius 2 is 1.85 bits per heavy atom. The molecule has 104 valence electrons. The zero-order valence-corrected chi connectivity index (χ0v) is 11.9. The lowest BCUT2D eigenvalue weighted by Gasteiger charge is -2.08. The summed E-state index contributed by atoms with van der Waals surface area (Å²) in [5, 5.41) is 2.89. The maximum atomic E-state index is 12.2. The quantitative estimate of drug-likeness (QED) is 0.891. The van der Waals surface area contributed by atoms with Gasteiger partial charge in [0.1, 0.15) is 0 Å². The zero-order chi connectivity index (χ0) is 14.5. The van der Waals surface area contributed by atoms with Crippen LogP contribution < -0.4 is 11.1 Å². The number of hydrogen-bond donors (Lipinski definition) is 2. The van der Waals surface area contributed by atoms with E-state index in [1.807, 2.05) is 48.5 Å². The predicted octanol–water partition coefficient (Wildman–Crippen LogP) is 3.52. The molecule has 2 rings (SSSR count). The number of nitrogens with one attached hydrogen (secondary N) is 1. The molecular weight excluding hydrogens is 248 g/mol. The molecule has 0 aliphatic heterocycles. The summed E-state index contributed by atoms with van der Waals surface area (Å²) in [6.07, 6.45) is 0. The van der Waals surface area contributed by atoms with Crippen LogP contribution in [0.15, 0.2) is 48.5 Å². The van der Waals surface area contributed by atoms with E-state index in [4.69, 9.17) is 5.73 Å². The summed E-state index contributed by atoms with van der Waals surface area (Å²) >= 11 is 0. The van der Waals surface area contributed by atoms with Crippen molar-refractivity contribution in [3.05, 3.63) is 65.2 Å². The highest BCUT2D eigenvalue weighted by molar-refractivity contribution is 6.04. The van der Waals surface area contributed by atoms with Crippen LogP contribution in [0.3, 0.4) is 0 Å². The van der Waals surface area contributed by atoms with E-state index >= 15 is 0 Å². The van der Waals surface area contributed by atoms with Crippen molar-refractivity contribution in [1.29, 1.82) is 0 Å². The fraction of sp³-hybridized carbons (Fsp3) is 0.235. The predicted molar refractivity (Wildman–Crippen MR) is 82.8 cm³/mol. The second kappa shape index (κ2) is 6.35. The van der Waals surface area contributed by atoms with E-state index in [1.165, 1.54) is 5.56 Å². The molecule has 0 heterocycles. The van der Waals surface area contributed by atoms with Gasteiger partial charge in [0, 0.05) is 17.8 Å². The molecule has 2 aromatic carbocycles. The Bertz CT molecular complexity index is 588. The first-order valence-corrected chi connectivity index (χ1v) is 6.80. The molecule has 3 heteroatoms. The van der Waals surface area contributed by atoms with Gasteiger partial charge in [-0.05, 0) is 41.3 Å². The van der Waals surface area contributed by atoms with Gasteiger partial charge in [0.15, 0.2) is 0 Å². The first-order chi connectivity index (χ1) is 9.60. The molecule has 1 amide bonds. The molecule has 0 spiro atoms. The lowest BCUT2D eigenvalue weighted by molar-refractivity contribution is 0.102. The molecule has 0 saturated carbocycles. The third-order valence-corrected chi connectivity index (χ3v) is 3.26. The maximum absolute atomic E-state index is 12.2. The molecule has 3 nitrogen and oxygen atoms in total. The lowest BCUT2D eigenvalue weighted by atomic mass is 10.0. The van der Waals surface area contributed by atoms with Crippen molar-refractivity contribution in [2.45, 2.75) is 26.3 Å². The van der Waals surface area contributed by atoms with E-state index in [0.29, 0.717) is 18.0 Å². The second-order valence-electron chi connectivity index (χ2n) is 5.14. The Hall–Kier alpha value is -2.13. The molecule has 0 aliphatic rings. The molecule has 2 aromatic rings. The van der Waals surface area contributed by atoms with Gasteiger partial charge in [-0.2, -0.15) is 0 Å². The first-order valence-electron chi connectivity index (χ1n) is 6.80. The molecule has 0 saturated heterocycles. The molecule has 0 radical (unpaired) electrons. The Morgan fingerprint density at radius 3 is 2.45 bits per heavy atom. The monoisotopic (exact) mass is 268 g/mol. The fourth-order valence-electron chi connectivity index (χ4n) is 2.00. The van der Waals surface area contributed by atoms with Gasteiger partial charge >= 0.3 is 0 Å². The highest BCUT2D eigenvalue weighted by atomic mass is 16.1. The van der Waals surface area contributed by atoms with Crippen LogP contribution in [0.1, 0.15) is 41.3 Å². The van der Waals surface area contributed by atoms with Crippen molar-refractivity contribution in [2.24, 2.45) is 5.73 Å². The van der Waals surface area contributed by atoms with Gasteiger partial charge in [0.2, 0.25) is 0 Å². The average molecular weight is 268 g/mol. The Morgan fingerprint density at radius 1 is 1.15 bits per heavy atom. The molecule has 0 unspecified atom stereocenters. The molecule has 0 atom stereocenters. The lowest BCUT2D eigenvalue weighted by Crippen LogP contribution is -2.12. The molecule has 0 bridgehead atoms. The number of anilines is 1. The van der Waals surface area contributed by atoms with Crippen molar-refractivity contribution in [3.63, 3.8) is 0 Å². The number of carbonyl (C=O) groups excluding carboxylic acids is 1. The van der Waals surface area contributed by atoms with Gasteiger partial charge in [0.25, 0.3) is 5.91 Å². The number of hydrogen-bond acceptors (Lipinski definition) is 2. The first kappa shape index (κ1) is 14.3. The van der Waals surface area contributed by atoms with Gasteiger partial charge in [-0.1, -0.05) is 38.1 Å². The van der Waals surface area contributed by atoms with Crippen LogP contribution in [0.5, 0.6) is 0 Å². The van der Waals surface area contributed by atoms with Crippen molar-refractivity contribution < 1.29 is 4.79 Å². The summed E-state index contributed by atoms with van der Waals surface area (Å²) in [5.41, 5.74) is 9.25. The van der Waals surface area contributed by atoms with Gasteiger partial charge in [-0.15, -0.1) is 0 Å². The summed E-state index contributed by atoms with van der Waals surface area (Å²) in [5.74, 6) is 0.364. The van der Waals surface area contributed by atoms with Crippen LogP contribution in [0.4, 0.5) is 5.69 Å². The van der Waals surface area contributed by atoms with Crippen molar-refractivity contribution in [1.82, 2.24) is 0 Å². The van der Waals surface area contributed by atoms with Gasteiger partial charge in [0.05, 0.1) is 0 Å². The third-order valence-electron chi connectivity index (χ3n) is 3.26. The minimum atomic E-state index is -0.102. The number of amides is 1. The molecular formula is C17H20N2O. The molecule has 0 aromatic heterocycles. The Kier molecular flexibility index (Phi) is 4.53. The average Bonchev–Trinajstić information content (AvgIpc) is 2.47. The van der Waals surface area contributed by atoms with E-state index < -0.39 is 0 Å². The summed E-state index contributed by atoms with van der Waals surface area (Å²) < 4.78 is 0. The summed E-state index contributed by atoms with van der Waals surface area (Å²) in [6, 6.07) is 15.3. The summed E-state index contributed by atoms with van der Waals surface area (Å²) in [6.45, 7) is 4.73. The van der Waals surface area contributed by atoms with E-state index in [9.17, 15) is 4.79 Å². The van der Waals surface area contributed by atoms with Gasteiger partial charge in [-0.25, -0.2) is 0 Å². The summed E-state index contributed by atoms with van der Waals surface area (Å²) in [4.78, 5) is 12.2. The SMILES string of the molecule is CC(C)c1ccc(C(=O)Nc2cccc(CN)c2)cc1. The van der Waals surface area contributed by atoms with Crippen LogP contribution in [-0.4, -0.2) is 5.91 Å². The molecule has 3 N–H and O–H groups in total. The minimum Gasteiger partial charge on any atom is -0.326 e. The number of carbonyl (C=O) groups is 1. The zero-order valence-electron chi connectivity index (χ0n) is 11.9. The topological polar surface area (TPSA) is 55.1 Å². The van der Waals surface area contributed by atoms with Crippen molar-refractivity contribution >= 4 is 11.6 Å². The minimum absolute atomic E-state index is 0.102. The maximum Gasteiger partial charge on any atom is 0.255 e. The van der Waals surface area contributed by atoms with Crippen LogP contribution in [0, 0.1) is 0 Å². The fourth-order valence-corrected chi connectivity index (χ4v) is 2.00. The highest BCUT2D eigenvalue weighted by Crippen LogP contribution is 2.16. The standard InChI is InChI=1S/C17H20N2O/c1-12(2)14-6-8-15(9-7-14)17(20)19-16-5-3-4-13(10-16)11-18/h3-10,12H,11,18H2,1-2H3,(H,19,20). The van der Waals surface area contributed by atoms with Crippen LogP contribution >= 0.6 is 0 Å². The summed E-state index contributed by atoms with van der Waals surface area (Å²) in [7, 11) is 0. The van der Waals surface area contributed by atoms with E-state index in [2.05, 4.69) is 19.2 Å². The molecule has 20 heavy (non-hydrogen) atoms. The Balaban J connectivity index is 2.11. The van der Waals surface area contributed by atoms with Crippen LogP contribution in [0.25, 0.3) is 0 Å². The van der Waals surface area contributed by atoms with Gasteiger partial charge in [-0.3, -0.25) is 4.79 Å². The second-order valence-corrected chi connectivity index (χ2v) is 5.14. The highest BCUT2D eigenvalue weighted by Gasteiger charge is 2.07. The smallest absolute Gasteiger partial charge is 0.255 e. The van der Waals surface area contributed by atoms with Crippen LogP contribution in [0.2, 0.25) is 0 Å². The number of rotatable bonds is 4. The van der Waals surface area contributed by atoms with Crippen molar-refractivity contribution in [2.75, 3.05) is 5.32 Å².